The Hall–Kier alpha value is -2.08. The fourth-order valence-corrected chi connectivity index (χ4v) is 1.96. The van der Waals surface area contributed by atoms with E-state index in [-0.39, 0.29) is 6.04 Å². The van der Waals surface area contributed by atoms with E-state index in [1.807, 2.05) is 30.3 Å². The Kier molecular flexibility index (Phi) is 3.47. The molecule has 2 amide bonds. The molecule has 0 bridgehead atoms. The van der Waals surface area contributed by atoms with Gasteiger partial charge < -0.3 is 15.7 Å². The number of likely N-dealkylation sites (tertiary alicyclic amines) is 1. The van der Waals surface area contributed by atoms with Crippen LogP contribution in [-0.2, 0) is 4.79 Å². The van der Waals surface area contributed by atoms with Crippen LogP contribution in [0.5, 0.6) is 0 Å². The SMILES string of the molecule is NC(=O)C(NC1CN(C(=O)O)C1)c1ccccc1. The van der Waals surface area contributed by atoms with Crippen LogP contribution in [0.2, 0.25) is 0 Å². The third kappa shape index (κ3) is 2.60. The van der Waals surface area contributed by atoms with Crippen LogP contribution in [0.4, 0.5) is 4.79 Å². The number of nitrogens with one attached hydrogen (secondary N) is 1. The van der Waals surface area contributed by atoms with Crippen molar-refractivity contribution in [3.63, 3.8) is 0 Å². The Bertz CT molecular complexity index is 443. The van der Waals surface area contributed by atoms with Gasteiger partial charge in [-0.1, -0.05) is 30.3 Å². The first-order valence-electron chi connectivity index (χ1n) is 5.66. The Morgan fingerprint density at radius 1 is 1.33 bits per heavy atom. The van der Waals surface area contributed by atoms with E-state index in [1.165, 1.54) is 4.90 Å². The molecular weight excluding hydrogens is 234 g/mol. The van der Waals surface area contributed by atoms with Gasteiger partial charge in [-0.05, 0) is 5.56 Å². The van der Waals surface area contributed by atoms with Crippen molar-refractivity contribution in [1.82, 2.24) is 10.2 Å². The van der Waals surface area contributed by atoms with Crippen molar-refractivity contribution in [1.29, 1.82) is 0 Å². The smallest absolute Gasteiger partial charge is 0.407 e. The first-order valence-corrected chi connectivity index (χ1v) is 5.66. The monoisotopic (exact) mass is 249 g/mol. The summed E-state index contributed by atoms with van der Waals surface area (Å²) in [5.41, 5.74) is 6.15. The molecule has 96 valence electrons. The van der Waals surface area contributed by atoms with E-state index in [2.05, 4.69) is 5.32 Å². The first-order chi connectivity index (χ1) is 8.58. The normalized spacial score (nSPS) is 17.0. The minimum absolute atomic E-state index is 0.0289. The summed E-state index contributed by atoms with van der Waals surface area (Å²) in [7, 11) is 0. The van der Waals surface area contributed by atoms with E-state index in [0.29, 0.717) is 13.1 Å². The molecule has 0 radical (unpaired) electrons. The number of nitrogens with zero attached hydrogens (tertiary/aromatic N) is 1. The zero-order chi connectivity index (χ0) is 13.1. The molecule has 1 aliphatic rings. The summed E-state index contributed by atoms with van der Waals surface area (Å²) in [6, 6.07) is 8.54. The molecule has 0 aromatic heterocycles. The van der Waals surface area contributed by atoms with Gasteiger partial charge in [0.25, 0.3) is 0 Å². The molecule has 4 N–H and O–H groups in total. The maximum atomic E-state index is 11.4. The third-order valence-electron chi connectivity index (χ3n) is 2.97. The van der Waals surface area contributed by atoms with Crippen LogP contribution in [0.1, 0.15) is 11.6 Å². The number of carbonyl (C=O) groups excluding carboxylic acids is 1. The van der Waals surface area contributed by atoms with Crippen LogP contribution in [0, 0.1) is 0 Å². The van der Waals surface area contributed by atoms with E-state index in [4.69, 9.17) is 10.8 Å². The number of rotatable bonds is 4. The summed E-state index contributed by atoms with van der Waals surface area (Å²) in [6.45, 7) is 0.762. The van der Waals surface area contributed by atoms with Crippen LogP contribution < -0.4 is 11.1 Å². The van der Waals surface area contributed by atoms with Gasteiger partial charge in [0.1, 0.15) is 6.04 Å². The van der Waals surface area contributed by atoms with E-state index in [1.54, 1.807) is 0 Å². The van der Waals surface area contributed by atoms with Crippen molar-refractivity contribution in [2.75, 3.05) is 13.1 Å². The van der Waals surface area contributed by atoms with Crippen molar-refractivity contribution >= 4 is 12.0 Å². The average molecular weight is 249 g/mol. The summed E-state index contributed by atoms with van der Waals surface area (Å²) < 4.78 is 0. The largest absolute Gasteiger partial charge is 0.465 e. The second kappa shape index (κ2) is 5.05. The number of hydrogen-bond donors (Lipinski definition) is 3. The standard InChI is InChI=1S/C12H15N3O3/c13-11(16)10(8-4-2-1-3-5-8)14-9-6-15(7-9)12(17)18/h1-5,9-10,14H,6-7H2,(H2,13,16)(H,17,18). The molecule has 1 aliphatic heterocycles. The van der Waals surface area contributed by atoms with E-state index >= 15 is 0 Å². The van der Waals surface area contributed by atoms with Gasteiger partial charge in [0.2, 0.25) is 5.91 Å². The predicted octanol–water partition coefficient (Wildman–Crippen LogP) is 0.165. The lowest BCUT2D eigenvalue weighted by atomic mass is 10.0. The molecule has 1 aromatic carbocycles. The molecule has 0 aliphatic carbocycles. The van der Waals surface area contributed by atoms with Crippen molar-refractivity contribution in [3.8, 4) is 0 Å². The van der Waals surface area contributed by atoms with Crippen molar-refractivity contribution in [3.05, 3.63) is 35.9 Å². The summed E-state index contributed by atoms with van der Waals surface area (Å²) in [6.07, 6.45) is -0.941. The predicted molar refractivity (Wildman–Crippen MR) is 64.9 cm³/mol. The lowest BCUT2D eigenvalue weighted by Gasteiger charge is -2.39. The molecule has 1 fully saturated rings. The highest BCUT2D eigenvalue weighted by atomic mass is 16.4. The minimum Gasteiger partial charge on any atom is -0.465 e. The lowest BCUT2D eigenvalue weighted by molar-refractivity contribution is -0.120. The molecule has 0 saturated carbocycles. The maximum absolute atomic E-state index is 11.4. The highest BCUT2D eigenvalue weighted by Gasteiger charge is 2.33. The van der Waals surface area contributed by atoms with E-state index in [9.17, 15) is 9.59 Å². The Balaban J connectivity index is 1.97. The zero-order valence-corrected chi connectivity index (χ0v) is 9.74. The van der Waals surface area contributed by atoms with Gasteiger partial charge in [-0.15, -0.1) is 0 Å². The molecular formula is C12H15N3O3. The minimum atomic E-state index is -0.941. The third-order valence-corrected chi connectivity index (χ3v) is 2.97. The van der Waals surface area contributed by atoms with Gasteiger partial charge in [0.05, 0.1) is 0 Å². The number of amides is 2. The van der Waals surface area contributed by atoms with Crippen LogP contribution in [0.25, 0.3) is 0 Å². The summed E-state index contributed by atoms with van der Waals surface area (Å²) in [4.78, 5) is 23.3. The Morgan fingerprint density at radius 3 is 2.44 bits per heavy atom. The molecule has 1 saturated heterocycles. The van der Waals surface area contributed by atoms with Crippen LogP contribution in [-0.4, -0.2) is 41.1 Å². The van der Waals surface area contributed by atoms with Crippen LogP contribution >= 0.6 is 0 Å². The second-order valence-electron chi connectivity index (χ2n) is 4.30. The number of carboxylic acid groups (broad SMARTS) is 1. The van der Waals surface area contributed by atoms with Gasteiger partial charge in [0, 0.05) is 19.1 Å². The topological polar surface area (TPSA) is 95.7 Å². The summed E-state index contributed by atoms with van der Waals surface area (Å²) in [5.74, 6) is -0.463. The summed E-state index contributed by atoms with van der Waals surface area (Å²) in [5, 5.41) is 11.8. The number of benzene rings is 1. The van der Waals surface area contributed by atoms with Crippen molar-refractivity contribution < 1.29 is 14.7 Å². The molecule has 1 aromatic rings. The van der Waals surface area contributed by atoms with E-state index < -0.39 is 18.0 Å². The van der Waals surface area contributed by atoms with Gasteiger partial charge in [-0.2, -0.15) is 0 Å². The number of hydrogen-bond acceptors (Lipinski definition) is 3. The average Bonchev–Trinajstić information content (AvgIpc) is 2.27. The first kappa shape index (κ1) is 12.4. The molecule has 6 heteroatoms. The van der Waals surface area contributed by atoms with Crippen LogP contribution in [0.15, 0.2) is 30.3 Å². The number of nitrogens with two attached hydrogens (primary N) is 1. The van der Waals surface area contributed by atoms with Crippen molar-refractivity contribution in [2.24, 2.45) is 5.73 Å². The quantitative estimate of drug-likeness (QED) is 0.708. The maximum Gasteiger partial charge on any atom is 0.407 e. The van der Waals surface area contributed by atoms with Gasteiger partial charge in [0.15, 0.2) is 0 Å². The molecule has 0 spiro atoms. The second-order valence-corrected chi connectivity index (χ2v) is 4.30. The number of carbonyl (C=O) groups is 2. The van der Waals surface area contributed by atoms with Gasteiger partial charge >= 0.3 is 6.09 Å². The van der Waals surface area contributed by atoms with Gasteiger partial charge in [-0.3, -0.25) is 10.1 Å². The fourth-order valence-electron chi connectivity index (χ4n) is 1.96. The molecule has 18 heavy (non-hydrogen) atoms. The highest BCUT2D eigenvalue weighted by Crippen LogP contribution is 2.16. The number of primary amides is 1. The van der Waals surface area contributed by atoms with Crippen LogP contribution in [0.3, 0.4) is 0 Å². The summed E-state index contributed by atoms with van der Waals surface area (Å²) >= 11 is 0. The Labute approximate surface area is 104 Å². The molecule has 1 atom stereocenters. The molecule has 6 nitrogen and oxygen atoms in total. The highest BCUT2D eigenvalue weighted by molar-refractivity contribution is 5.81. The Morgan fingerprint density at radius 2 is 1.94 bits per heavy atom. The molecule has 2 rings (SSSR count). The van der Waals surface area contributed by atoms with Crippen molar-refractivity contribution in [2.45, 2.75) is 12.1 Å². The van der Waals surface area contributed by atoms with E-state index in [0.717, 1.165) is 5.56 Å². The fraction of sp³-hybridized carbons (Fsp3) is 0.333. The molecule has 1 heterocycles. The molecule has 1 unspecified atom stereocenters. The zero-order valence-electron chi connectivity index (χ0n) is 9.74. The lowest BCUT2D eigenvalue weighted by Crippen LogP contribution is -2.61. The van der Waals surface area contributed by atoms with Gasteiger partial charge in [-0.25, -0.2) is 4.79 Å².